The van der Waals surface area contributed by atoms with Crippen LogP contribution in [-0.2, 0) is 17.7 Å². The first kappa shape index (κ1) is 19.7. The van der Waals surface area contributed by atoms with E-state index in [9.17, 15) is 0 Å². The highest BCUT2D eigenvalue weighted by Gasteiger charge is 2.28. The van der Waals surface area contributed by atoms with Gasteiger partial charge in [-0.25, -0.2) is 0 Å². The van der Waals surface area contributed by atoms with E-state index in [1.165, 1.54) is 0 Å². The SMILES string of the molecule is CCNC(=NCC(C)(C)N1CCOCC1)NCCn1cnnc1CC. The predicted molar refractivity (Wildman–Crippen MR) is 99.9 cm³/mol. The van der Waals surface area contributed by atoms with Gasteiger partial charge in [0.25, 0.3) is 0 Å². The van der Waals surface area contributed by atoms with E-state index in [0.29, 0.717) is 0 Å². The Morgan fingerprint density at radius 3 is 2.72 bits per heavy atom. The summed E-state index contributed by atoms with van der Waals surface area (Å²) in [6.45, 7) is 15.4. The fourth-order valence-corrected chi connectivity index (χ4v) is 2.92. The Balaban J connectivity index is 1.86. The Kier molecular flexibility index (Phi) is 7.64. The van der Waals surface area contributed by atoms with Gasteiger partial charge in [-0.2, -0.15) is 0 Å². The second-order valence-electron chi connectivity index (χ2n) is 6.83. The highest BCUT2D eigenvalue weighted by atomic mass is 16.5. The molecule has 1 aromatic rings. The Morgan fingerprint density at radius 2 is 2.04 bits per heavy atom. The molecule has 2 rings (SSSR count). The second-order valence-corrected chi connectivity index (χ2v) is 6.83. The van der Waals surface area contributed by atoms with E-state index in [4.69, 9.17) is 9.73 Å². The monoisotopic (exact) mass is 351 g/mol. The Bertz CT molecular complexity index is 535. The summed E-state index contributed by atoms with van der Waals surface area (Å²) in [5, 5.41) is 14.8. The van der Waals surface area contributed by atoms with Gasteiger partial charge >= 0.3 is 0 Å². The molecule has 0 radical (unpaired) electrons. The minimum Gasteiger partial charge on any atom is -0.379 e. The highest BCUT2D eigenvalue weighted by Crippen LogP contribution is 2.16. The van der Waals surface area contributed by atoms with Gasteiger partial charge in [0.15, 0.2) is 5.96 Å². The average molecular weight is 351 g/mol. The van der Waals surface area contributed by atoms with Crippen molar-refractivity contribution in [3.63, 3.8) is 0 Å². The molecule has 0 aliphatic carbocycles. The molecular weight excluding hydrogens is 318 g/mol. The van der Waals surface area contributed by atoms with Gasteiger partial charge in [-0.15, -0.1) is 10.2 Å². The van der Waals surface area contributed by atoms with E-state index in [0.717, 1.165) is 70.7 Å². The second kappa shape index (κ2) is 9.72. The summed E-state index contributed by atoms with van der Waals surface area (Å²) in [6, 6.07) is 0. The van der Waals surface area contributed by atoms with Crippen molar-refractivity contribution >= 4 is 5.96 Å². The number of guanidine groups is 1. The fraction of sp³-hybridized carbons (Fsp3) is 0.824. The summed E-state index contributed by atoms with van der Waals surface area (Å²) in [5.41, 5.74) is 0.0236. The Hall–Kier alpha value is -1.67. The standard InChI is InChI=1S/C17H33N7O/c1-5-15-22-21-14-23(15)8-7-19-16(18-6-2)20-13-17(3,4)24-9-11-25-12-10-24/h14H,5-13H2,1-4H3,(H2,18,19,20). The van der Waals surface area contributed by atoms with E-state index in [-0.39, 0.29) is 5.54 Å². The zero-order chi connectivity index (χ0) is 18.1. The Labute approximate surface area is 151 Å². The zero-order valence-electron chi connectivity index (χ0n) is 16.1. The molecule has 142 valence electrons. The van der Waals surface area contributed by atoms with Crippen LogP contribution in [0.3, 0.4) is 0 Å². The summed E-state index contributed by atoms with van der Waals surface area (Å²) in [5.74, 6) is 1.87. The molecule has 2 heterocycles. The van der Waals surface area contributed by atoms with Crippen LogP contribution in [0.25, 0.3) is 0 Å². The Morgan fingerprint density at radius 1 is 1.28 bits per heavy atom. The first-order valence-corrected chi connectivity index (χ1v) is 9.28. The van der Waals surface area contributed by atoms with Crippen LogP contribution >= 0.6 is 0 Å². The summed E-state index contributed by atoms with van der Waals surface area (Å²) >= 11 is 0. The number of aromatic nitrogens is 3. The molecule has 1 aromatic heterocycles. The molecule has 1 aliphatic heterocycles. The van der Waals surface area contributed by atoms with Crippen molar-refractivity contribution < 1.29 is 4.74 Å². The number of nitrogens with one attached hydrogen (secondary N) is 2. The van der Waals surface area contributed by atoms with Crippen molar-refractivity contribution in [2.75, 3.05) is 45.9 Å². The van der Waals surface area contributed by atoms with E-state index >= 15 is 0 Å². The lowest BCUT2D eigenvalue weighted by Crippen LogP contribution is -2.52. The number of ether oxygens (including phenoxy) is 1. The topological polar surface area (TPSA) is 79.6 Å². The van der Waals surface area contributed by atoms with Gasteiger partial charge in [0.1, 0.15) is 12.2 Å². The average Bonchev–Trinajstić information content (AvgIpc) is 3.08. The highest BCUT2D eigenvalue weighted by molar-refractivity contribution is 5.79. The lowest BCUT2D eigenvalue weighted by atomic mass is 10.0. The number of aliphatic imine (C=N–C) groups is 1. The molecule has 8 heteroatoms. The van der Waals surface area contributed by atoms with Gasteiger partial charge in [-0.1, -0.05) is 6.92 Å². The molecule has 0 atom stereocenters. The number of nitrogens with zero attached hydrogens (tertiary/aromatic N) is 5. The number of rotatable bonds is 8. The molecule has 2 N–H and O–H groups in total. The van der Waals surface area contributed by atoms with Crippen LogP contribution < -0.4 is 10.6 Å². The molecular formula is C17H33N7O. The van der Waals surface area contributed by atoms with E-state index in [1.807, 2.05) is 0 Å². The van der Waals surface area contributed by atoms with Crippen molar-refractivity contribution in [3.05, 3.63) is 12.2 Å². The van der Waals surface area contributed by atoms with E-state index in [1.54, 1.807) is 6.33 Å². The van der Waals surface area contributed by atoms with Crippen molar-refractivity contribution in [1.29, 1.82) is 0 Å². The van der Waals surface area contributed by atoms with Gasteiger partial charge in [0, 0.05) is 44.7 Å². The molecule has 0 saturated carbocycles. The summed E-state index contributed by atoms with van der Waals surface area (Å²) in [7, 11) is 0. The minimum atomic E-state index is 0.0236. The maximum Gasteiger partial charge on any atom is 0.191 e. The molecule has 25 heavy (non-hydrogen) atoms. The van der Waals surface area contributed by atoms with E-state index in [2.05, 4.69) is 58.0 Å². The predicted octanol–water partition coefficient (Wildman–Crippen LogP) is 0.506. The largest absolute Gasteiger partial charge is 0.379 e. The third-order valence-corrected chi connectivity index (χ3v) is 4.49. The lowest BCUT2D eigenvalue weighted by molar-refractivity contribution is -0.00683. The maximum atomic E-state index is 5.45. The zero-order valence-corrected chi connectivity index (χ0v) is 16.1. The molecule has 0 bridgehead atoms. The summed E-state index contributed by atoms with van der Waals surface area (Å²) < 4.78 is 7.53. The smallest absolute Gasteiger partial charge is 0.191 e. The van der Waals surface area contributed by atoms with Gasteiger partial charge in [0.2, 0.25) is 0 Å². The van der Waals surface area contributed by atoms with Crippen molar-refractivity contribution in [2.45, 2.75) is 46.2 Å². The van der Waals surface area contributed by atoms with Crippen molar-refractivity contribution in [2.24, 2.45) is 4.99 Å². The molecule has 0 amide bonds. The summed E-state index contributed by atoms with van der Waals surface area (Å²) in [4.78, 5) is 7.25. The summed E-state index contributed by atoms with van der Waals surface area (Å²) in [6.07, 6.45) is 2.67. The van der Waals surface area contributed by atoms with E-state index < -0.39 is 0 Å². The molecule has 1 aliphatic rings. The third-order valence-electron chi connectivity index (χ3n) is 4.49. The first-order valence-electron chi connectivity index (χ1n) is 9.28. The van der Waals surface area contributed by atoms with Crippen molar-refractivity contribution in [1.82, 2.24) is 30.3 Å². The molecule has 0 aromatic carbocycles. The minimum absolute atomic E-state index is 0.0236. The van der Waals surface area contributed by atoms with Crippen LogP contribution in [-0.4, -0.2) is 77.1 Å². The first-order chi connectivity index (χ1) is 12.1. The van der Waals surface area contributed by atoms with Crippen LogP contribution in [0.1, 0.15) is 33.5 Å². The molecule has 1 fully saturated rings. The van der Waals surface area contributed by atoms with Crippen LogP contribution in [0.5, 0.6) is 0 Å². The van der Waals surface area contributed by atoms with Gasteiger partial charge in [-0.05, 0) is 20.8 Å². The molecule has 8 nitrogen and oxygen atoms in total. The van der Waals surface area contributed by atoms with Gasteiger partial charge < -0.3 is 19.9 Å². The van der Waals surface area contributed by atoms with Gasteiger partial charge in [-0.3, -0.25) is 9.89 Å². The molecule has 0 unspecified atom stereocenters. The van der Waals surface area contributed by atoms with Crippen molar-refractivity contribution in [3.8, 4) is 0 Å². The number of hydrogen-bond donors (Lipinski definition) is 2. The number of hydrogen-bond acceptors (Lipinski definition) is 5. The number of aryl methyl sites for hydroxylation is 1. The normalized spacial score (nSPS) is 16.9. The molecule has 0 spiro atoms. The molecule has 1 saturated heterocycles. The van der Waals surface area contributed by atoms with Gasteiger partial charge in [0.05, 0.1) is 19.8 Å². The fourth-order valence-electron chi connectivity index (χ4n) is 2.92. The van der Waals surface area contributed by atoms with Crippen LogP contribution in [0.4, 0.5) is 0 Å². The van der Waals surface area contributed by atoms with Crippen LogP contribution in [0.2, 0.25) is 0 Å². The third kappa shape index (κ3) is 5.97. The lowest BCUT2D eigenvalue weighted by Gasteiger charge is -2.39. The maximum absolute atomic E-state index is 5.45. The van der Waals surface area contributed by atoms with Crippen LogP contribution in [0.15, 0.2) is 11.3 Å². The number of morpholine rings is 1. The van der Waals surface area contributed by atoms with Crippen LogP contribution in [0, 0.1) is 0 Å². The quantitative estimate of drug-likeness (QED) is 0.525.